The fourth-order valence-corrected chi connectivity index (χ4v) is 1.92. The smallest absolute Gasteiger partial charge is 0.354 e. The van der Waals surface area contributed by atoms with Crippen molar-refractivity contribution < 1.29 is 9.90 Å². The third kappa shape index (κ3) is 2.41. The number of carboxylic acid groups (broad SMARTS) is 1. The molecule has 0 aliphatic heterocycles. The molecule has 92 valence electrons. The first-order valence-corrected chi connectivity index (χ1v) is 6.12. The second kappa shape index (κ2) is 4.86. The molecular weight excluding hydrogens is 296 g/mol. The Balaban J connectivity index is 2.55. The van der Waals surface area contributed by atoms with Crippen molar-refractivity contribution in [1.82, 2.24) is 9.97 Å². The average molecular weight is 307 g/mol. The molecule has 0 fully saturated rings. The molecule has 1 aromatic carbocycles. The maximum atomic E-state index is 10.9. The van der Waals surface area contributed by atoms with E-state index in [4.69, 9.17) is 5.11 Å². The Kier molecular flexibility index (Phi) is 3.43. The van der Waals surface area contributed by atoms with E-state index in [1.807, 2.05) is 26.0 Å². The first-order chi connectivity index (χ1) is 8.49. The fraction of sp³-hybridized carbons (Fsp3) is 0.154. The van der Waals surface area contributed by atoms with Gasteiger partial charge in [-0.05, 0) is 43.2 Å². The van der Waals surface area contributed by atoms with Gasteiger partial charge in [-0.1, -0.05) is 15.9 Å². The molecule has 0 aliphatic carbocycles. The highest BCUT2D eigenvalue weighted by Gasteiger charge is 2.10. The number of nitrogens with zero attached hydrogens (tertiary/aromatic N) is 2. The highest BCUT2D eigenvalue weighted by Crippen LogP contribution is 2.26. The lowest BCUT2D eigenvalue weighted by Crippen LogP contribution is -2.02. The Labute approximate surface area is 113 Å². The van der Waals surface area contributed by atoms with Gasteiger partial charge in [0, 0.05) is 16.2 Å². The molecule has 18 heavy (non-hydrogen) atoms. The van der Waals surface area contributed by atoms with Gasteiger partial charge in [0.2, 0.25) is 0 Å². The van der Waals surface area contributed by atoms with Gasteiger partial charge in [0.15, 0.2) is 11.5 Å². The second-order valence-corrected chi connectivity index (χ2v) is 4.79. The van der Waals surface area contributed by atoms with Crippen LogP contribution in [0.1, 0.15) is 21.6 Å². The number of aryl methyl sites for hydroxylation is 2. The molecule has 0 saturated heterocycles. The molecule has 5 heteroatoms. The molecule has 4 nitrogen and oxygen atoms in total. The standard InChI is InChI=1S/C13H11BrN2O2/c1-7-5-9(6-8(2)11(7)14)12-15-4-3-10(16-12)13(17)18/h3-6H,1-2H3,(H,17,18). The lowest BCUT2D eigenvalue weighted by Gasteiger charge is -2.07. The zero-order valence-electron chi connectivity index (χ0n) is 9.94. The van der Waals surface area contributed by atoms with Crippen molar-refractivity contribution in [1.29, 1.82) is 0 Å². The normalized spacial score (nSPS) is 10.4. The van der Waals surface area contributed by atoms with Crippen LogP contribution in [0.3, 0.4) is 0 Å². The van der Waals surface area contributed by atoms with Crippen LogP contribution in [0.15, 0.2) is 28.9 Å². The van der Waals surface area contributed by atoms with Crippen molar-refractivity contribution in [3.05, 3.63) is 45.7 Å². The molecule has 2 rings (SSSR count). The molecule has 2 aromatic rings. The minimum absolute atomic E-state index is 0.00164. The van der Waals surface area contributed by atoms with Gasteiger partial charge >= 0.3 is 5.97 Å². The van der Waals surface area contributed by atoms with E-state index >= 15 is 0 Å². The van der Waals surface area contributed by atoms with E-state index in [1.165, 1.54) is 12.3 Å². The molecule has 1 heterocycles. The summed E-state index contributed by atoms with van der Waals surface area (Å²) in [7, 11) is 0. The van der Waals surface area contributed by atoms with Crippen molar-refractivity contribution in [2.75, 3.05) is 0 Å². The highest BCUT2D eigenvalue weighted by atomic mass is 79.9. The van der Waals surface area contributed by atoms with Crippen molar-refractivity contribution >= 4 is 21.9 Å². The molecule has 1 N–H and O–H groups in total. The van der Waals surface area contributed by atoms with Gasteiger partial charge in [0.05, 0.1) is 0 Å². The molecule has 0 atom stereocenters. The minimum atomic E-state index is -1.05. The summed E-state index contributed by atoms with van der Waals surface area (Å²) < 4.78 is 1.04. The Hall–Kier alpha value is -1.75. The number of aromatic carboxylic acids is 1. The van der Waals surface area contributed by atoms with Crippen molar-refractivity contribution in [2.45, 2.75) is 13.8 Å². The van der Waals surface area contributed by atoms with E-state index < -0.39 is 5.97 Å². The van der Waals surface area contributed by atoms with Crippen LogP contribution in [0.5, 0.6) is 0 Å². The van der Waals surface area contributed by atoms with Gasteiger partial charge in [-0.25, -0.2) is 14.8 Å². The summed E-state index contributed by atoms with van der Waals surface area (Å²) in [4.78, 5) is 19.0. The summed E-state index contributed by atoms with van der Waals surface area (Å²) in [5.41, 5.74) is 2.94. The van der Waals surface area contributed by atoms with Gasteiger partial charge in [0.25, 0.3) is 0 Å². The average Bonchev–Trinajstić information content (AvgIpc) is 2.35. The van der Waals surface area contributed by atoms with Crippen LogP contribution in [0.25, 0.3) is 11.4 Å². The maximum Gasteiger partial charge on any atom is 0.354 e. The molecule has 0 aliphatic rings. The Morgan fingerprint density at radius 3 is 2.44 bits per heavy atom. The highest BCUT2D eigenvalue weighted by molar-refractivity contribution is 9.10. The zero-order valence-corrected chi connectivity index (χ0v) is 11.5. The van der Waals surface area contributed by atoms with Crippen LogP contribution < -0.4 is 0 Å². The number of benzene rings is 1. The zero-order chi connectivity index (χ0) is 13.3. The lowest BCUT2D eigenvalue weighted by molar-refractivity contribution is 0.0690. The van der Waals surface area contributed by atoms with E-state index in [2.05, 4.69) is 25.9 Å². The Morgan fingerprint density at radius 2 is 1.89 bits per heavy atom. The summed E-state index contributed by atoms with van der Waals surface area (Å²) in [6.45, 7) is 3.95. The molecule has 0 radical (unpaired) electrons. The summed E-state index contributed by atoms with van der Waals surface area (Å²) in [5.74, 6) is -0.627. The monoisotopic (exact) mass is 306 g/mol. The molecule has 0 amide bonds. The van der Waals surface area contributed by atoms with Crippen LogP contribution in [-0.2, 0) is 0 Å². The van der Waals surface area contributed by atoms with Gasteiger partial charge in [-0.2, -0.15) is 0 Å². The SMILES string of the molecule is Cc1cc(-c2nccc(C(=O)O)n2)cc(C)c1Br. The number of carboxylic acids is 1. The fourth-order valence-electron chi connectivity index (χ4n) is 1.69. The van der Waals surface area contributed by atoms with Crippen LogP contribution in [0.2, 0.25) is 0 Å². The summed E-state index contributed by atoms with van der Waals surface area (Å²) in [6, 6.07) is 5.24. The molecule has 0 saturated carbocycles. The minimum Gasteiger partial charge on any atom is -0.477 e. The van der Waals surface area contributed by atoms with Crippen molar-refractivity contribution in [2.24, 2.45) is 0 Å². The Bertz CT molecular complexity index is 603. The number of hydrogen-bond donors (Lipinski definition) is 1. The lowest BCUT2D eigenvalue weighted by atomic mass is 10.1. The molecule has 0 bridgehead atoms. The van der Waals surface area contributed by atoms with Crippen LogP contribution >= 0.6 is 15.9 Å². The molecule has 0 unspecified atom stereocenters. The molecular formula is C13H11BrN2O2. The van der Waals surface area contributed by atoms with Gasteiger partial charge in [0.1, 0.15) is 0 Å². The van der Waals surface area contributed by atoms with Gasteiger partial charge < -0.3 is 5.11 Å². The largest absolute Gasteiger partial charge is 0.477 e. The number of rotatable bonds is 2. The summed E-state index contributed by atoms with van der Waals surface area (Å²) >= 11 is 3.49. The first-order valence-electron chi connectivity index (χ1n) is 5.32. The summed E-state index contributed by atoms with van der Waals surface area (Å²) in [5, 5.41) is 8.91. The second-order valence-electron chi connectivity index (χ2n) is 3.99. The van der Waals surface area contributed by atoms with Crippen molar-refractivity contribution in [3.8, 4) is 11.4 Å². The number of halogens is 1. The third-order valence-electron chi connectivity index (χ3n) is 2.57. The van der Waals surface area contributed by atoms with E-state index in [1.54, 1.807) is 0 Å². The van der Waals surface area contributed by atoms with Crippen LogP contribution in [-0.4, -0.2) is 21.0 Å². The maximum absolute atomic E-state index is 10.9. The number of carbonyl (C=O) groups is 1. The number of aromatic nitrogens is 2. The van der Waals surface area contributed by atoms with E-state index in [0.29, 0.717) is 5.82 Å². The van der Waals surface area contributed by atoms with E-state index in [0.717, 1.165) is 21.2 Å². The quantitative estimate of drug-likeness (QED) is 0.925. The topological polar surface area (TPSA) is 63.1 Å². The number of hydrogen-bond acceptors (Lipinski definition) is 3. The van der Waals surface area contributed by atoms with Gasteiger partial charge in [-0.3, -0.25) is 0 Å². The van der Waals surface area contributed by atoms with E-state index in [-0.39, 0.29) is 5.69 Å². The van der Waals surface area contributed by atoms with Crippen molar-refractivity contribution in [3.63, 3.8) is 0 Å². The third-order valence-corrected chi connectivity index (χ3v) is 3.82. The van der Waals surface area contributed by atoms with Crippen LogP contribution in [0, 0.1) is 13.8 Å². The molecule has 0 spiro atoms. The van der Waals surface area contributed by atoms with Crippen LogP contribution in [0.4, 0.5) is 0 Å². The van der Waals surface area contributed by atoms with E-state index in [9.17, 15) is 4.79 Å². The predicted octanol–water partition coefficient (Wildman–Crippen LogP) is 3.22. The molecule has 1 aromatic heterocycles. The van der Waals surface area contributed by atoms with Gasteiger partial charge in [-0.15, -0.1) is 0 Å². The first kappa shape index (κ1) is 12.7. The predicted molar refractivity (Wildman–Crippen MR) is 71.6 cm³/mol. The Morgan fingerprint density at radius 1 is 1.28 bits per heavy atom. The summed E-state index contributed by atoms with van der Waals surface area (Å²) in [6.07, 6.45) is 1.46.